The van der Waals surface area contributed by atoms with Gasteiger partial charge in [0.15, 0.2) is 0 Å². The number of carboxylic acids is 1. The minimum Gasteiger partial charge on any atom is -0.479 e. The van der Waals surface area contributed by atoms with Crippen LogP contribution in [0.25, 0.3) is 0 Å². The Balaban J connectivity index is 2.40. The van der Waals surface area contributed by atoms with Gasteiger partial charge in [-0.2, -0.15) is 5.10 Å². The Labute approximate surface area is 118 Å². The predicted octanol–water partition coefficient (Wildman–Crippen LogP) is 1.89. The van der Waals surface area contributed by atoms with E-state index < -0.39 is 11.5 Å². The second-order valence-corrected chi connectivity index (χ2v) is 5.46. The Hall–Kier alpha value is -1.85. The van der Waals surface area contributed by atoms with Crippen molar-refractivity contribution >= 4 is 11.9 Å². The number of aromatic nitrogens is 2. The Kier molecular flexibility index (Phi) is 3.83. The van der Waals surface area contributed by atoms with Crippen LogP contribution in [0.2, 0.25) is 0 Å². The Morgan fingerprint density at radius 1 is 1.45 bits per heavy atom. The summed E-state index contributed by atoms with van der Waals surface area (Å²) in [4.78, 5) is 26.0. The summed E-state index contributed by atoms with van der Waals surface area (Å²) in [5, 5.41) is 16.4. The van der Waals surface area contributed by atoms with Crippen LogP contribution in [-0.2, 0) is 4.79 Å². The smallest absolute Gasteiger partial charge is 0.329 e. The van der Waals surface area contributed by atoms with Gasteiger partial charge in [-0.25, -0.2) is 4.79 Å². The van der Waals surface area contributed by atoms with Crippen LogP contribution < -0.4 is 0 Å². The first-order valence-corrected chi connectivity index (χ1v) is 7.01. The van der Waals surface area contributed by atoms with Crippen LogP contribution in [0.5, 0.6) is 0 Å². The maximum atomic E-state index is 12.7. The van der Waals surface area contributed by atoms with Crippen LogP contribution in [0.4, 0.5) is 0 Å². The van der Waals surface area contributed by atoms with Crippen molar-refractivity contribution in [2.24, 2.45) is 0 Å². The summed E-state index contributed by atoms with van der Waals surface area (Å²) in [7, 11) is 0. The van der Waals surface area contributed by atoms with Gasteiger partial charge in [-0.05, 0) is 33.1 Å². The molecule has 0 spiro atoms. The summed E-state index contributed by atoms with van der Waals surface area (Å²) in [5.41, 5.74) is 0.765. The van der Waals surface area contributed by atoms with Gasteiger partial charge in [-0.1, -0.05) is 13.3 Å². The van der Waals surface area contributed by atoms with E-state index in [0.29, 0.717) is 36.3 Å². The van der Waals surface area contributed by atoms with Crippen molar-refractivity contribution in [2.45, 2.75) is 52.0 Å². The van der Waals surface area contributed by atoms with Crippen molar-refractivity contribution in [3.8, 4) is 0 Å². The van der Waals surface area contributed by atoms with E-state index in [4.69, 9.17) is 0 Å². The topological polar surface area (TPSA) is 86.3 Å². The van der Waals surface area contributed by atoms with Crippen LogP contribution in [-0.4, -0.2) is 44.2 Å². The number of carbonyl (C=O) groups is 2. The van der Waals surface area contributed by atoms with Gasteiger partial charge in [0.25, 0.3) is 5.91 Å². The zero-order valence-electron chi connectivity index (χ0n) is 12.2. The molecule has 1 aromatic heterocycles. The molecule has 1 atom stereocenters. The molecular formula is C14H21N3O3. The highest BCUT2D eigenvalue weighted by molar-refractivity contribution is 5.99. The van der Waals surface area contributed by atoms with Gasteiger partial charge < -0.3 is 10.0 Å². The van der Waals surface area contributed by atoms with E-state index in [9.17, 15) is 14.7 Å². The van der Waals surface area contributed by atoms with Crippen molar-refractivity contribution in [1.82, 2.24) is 15.1 Å². The molecule has 20 heavy (non-hydrogen) atoms. The molecule has 1 unspecified atom stereocenters. The minimum absolute atomic E-state index is 0.220. The number of rotatable bonds is 4. The fraction of sp³-hybridized carbons (Fsp3) is 0.643. The summed E-state index contributed by atoms with van der Waals surface area (Å²) in [5.74, 6) is -1.12. The highest BCUT2D eigenvalue weighted by Crippen LogP contribution is 2.35. The number of aliphatic carboxylic acids is 1. The largest absolute Gasteiger partial charge is 0.479 e. The normalized spacial score (nSPS) is 22.2. The van der Waals surface area contributed by atoms with E-state index in [-0.39, 0.29) is 5.91 Å². The lowest BCUT2D eigenvalue weighted by atomic mass is 9.90. The summed E-state index contributed by atoms with van der Waals surface area (Å²) in [6, 6.07) is 0. The molecule has 1 amide bonds. The number of aromatic amines is 1. The van der Waals surface area contributed by atoms with E-state index in [1.165, 1.54) is 4.90 Å². The third kappa shape index (κ3) is 2.09. The molecule has 1 aliphatic heterocycles. The highest BCUT2D eigenvalue weighted by atomic mass is 16.4. The highest BCUT2D eigenvalue weighted by Gasteiger charge is 2.49. The number of hydrogen-bond donors (Lipinski definition) is 2. The van der Waals surface area contributed by atoms with Crippen LogP contribution in [0.3, 0.4) is 0 Å². The number of H-pyrrole nitrogens is 1. The standard InChI is InChI=1S/C14H21N3O3/c1-4-6-14(13(19)20)7-5-8-17(14)12(18)11-9(2)15-16-10(11)3/h4-8H2,1-3H3,(H,15,16)(H,19,20). The molecule has 6 heteroatoms. The van der Waals surface area contributed by atoms with Crippen molar-refractivity contribution < 1.29 is 14.7 Å². The number of nitrogens with zero attached hydrogens (tertiary/aromatic N) is 2. The van der Waals surface area contributed by atoms with Crippen molar-refractivity contribution in [3.05, 3.63) is 17.0 Å². The average molecular weight is 279 g/mol. The van der Waals surface area contributed by atoms with Crippen LogP contribution >= 0.6 is 0 Å². The van der Waals surface area contributed by atoms with Crippen molar-refractivity contribution in [2.75, 3.05) is 6.54 Å². The first-order valence-electron chi connectivity index (χ1n) is 7.01. The average Bonchev–Trinajstić information content (AvgIpc) is 2.95. The molecule has 1 aromatic rings. The number of aryl methyl sites for hydroxylation is 2. The number of carboxylic acid groups (broad SMARTS) is 1. The lowest BCUT2D eigenvalue weighted by Crippen LogP contribution is -2.53. The quantitative estimate of drug-likeness (QED) is 0.881. The van der Waals surface area contributed by atoms with E-state index in [1.807, 2.05) is 6.92 Å². The third-order valence-electron chi connectivity index (χ3n) is 4.14. The molecule has 1 fully saturated rings. The second kappa shape index (κ2) is 5.26. The molecule has 0 bridgehead atoms. The first-order chi connectivity index (χ1) is 9.44. The molecule has 1 aliphatic rings. The predicted molar refractivity (Wildman–Crippen MR) is 73.6 cm³/mol. The van der Waals surface area contributed by atoms with Crippen LogP contribution in [0.1, 0.15) is 54.4 Å². The number of likely N-dealkylation sites (tertiary alicyclic amines) is 1. The fourth-order valence-electron chi connectivity index (χ4n) is 3.18. The van der Waals surface area contributed by atoms with E-state index in [2.05, 4.69) is 10.2 Å². The molecule has 0 saturated carbocycles. The zero-order valence-corrected chi connectivity index (χ0v) is 12.2. The van der Waals surface area contributed by atoms with Gasteiger partial charge in [0.2, 0.25) is 0 Å². The molecule has 2 heterocycles. The number of hydrogen-bond acceptors (Lipinski definition) is 3. The molecular weight excluding hydrogens is 258 g/mol. The molecule has 0 aliphatic carbocycles. The Bertz CT molecular complexity index is 518. The van der Waals surface area contributed by atoms with Crippen molar-refractivity contribution in [3.63, 3.8) is 0 Å². The van der Waals surface area contributed by atoms with Gasteiger partial charge in [0.1, 0.15) is 5.54 Å². The maximum Gasteiger partial charge on any atom is 0.329 e. The van der Waals surface area contributed by atoms with E-state index in [1.54, 1.807) is 13.8 Å². The minimum atomic E-state index is -1.05. The summed E-state index contributed by atoms with van der Waals surface area (Å²) < 4.78 is 0. The molecule has 6 nitrogen and oxygen atoms in total. The first kappa shape index (κ1) is 14.6. The maximum absolute atomic E-state index is 12.7. The summed E-state index contributed by atoms with van der Waals surface area (Å²) >= 11 is 0. The fourth-order valence-corrected chi connectivity index (χ4v) is 3.18. The van der Waals surface area contributed by atoms with Gasteiger partial charge in [0.05, 0.1) is 11.3 Å². The molecule has 2 N–H and O–H groups in total. The third-order valence-corrected chi connectivity index (χ3v) is 4.14. The monoisotopic (exact) mass is 279 g/mol. The number of carbonyl (C=O) groups excluding carboxylic acids is 1. The van der Waals surface area contributed by atoms with Gasteiger partial charge in [-0.15, -0.1) is 0 Å². The van der Waals surface area contributed by atoms with Crippen molar-refractivity contribution in [1.29, 1.82) is 0 Å². The van der Waals surface area contributed by atoms with Gasteiger partial charge >= 0.3 is 5.97 Å². The van der Waals surface area contributed by atoms with Crippen LogP contribution in [0.15, 0.2) is 0 Å². The summed E-state index contributed by atoms with van der Waals surface area (Å²) in [6.07, 6.45) is 2.48. The van der Waals surface area contributed by atoms with Crippen LogP contribution in [0, 0.1) is 13.8 Å². The zero-order chi connectivity index (χ0) is 14.9. The lowest BCUT2D eigenvalue weighted by molar-refractivity contribution is -0.148. The molecule has 0 aromatic carbocycles. The lowest BCUT2D eigenvalue weighted by Gasteiger charge is -2.34. The van der Waals surface area contributed by atoms with E-state index >= 15 is 0 Å². The summed E-state index contributed by atoms with van der Waals surface area (Å²) in [6.45, 7) is 5.98. The van der Waals surface area contributed by atoms with Gasteiger partial charge in [-0.3, -0.25) is 9.89 Å². The number of nitrogens with one attached hydrogen (secondary N) is 1. The molecule has 0 radical (unpaired) electrons. The SMILES string of the molecule is CCCC1(C(=O)O)CCCN1C(=O)c1c(C)n[nH]c1C. The molecule has 2 rings (SSSR count). The van der Waals surface area contributed by atoms with Gasteiger partial charge in [0, 0.05) is 12.2 Å². The molecule has 110 valence electrons. The van der Waals surface area contributed by atoms with E-state index in [0.717, 1.165) is 12.8 Å². The molecule has 1 saturated heterocycles. The Morgan fingerprint density at radius 2 is 2.15 bits per heavy atom. The Morgan fingerprint density at radius 3 is 2.65 bits per heavy atom. The second-order valence-electron chi connectivity index (χ2n) is 5.46. The number of amides is 1.